The van der Waals surface area contributed by atoms with Crippen LogP contribution in [0, 0.1) is 37.5 Å². The molecule has 2 amide bonds. The summed E-state index contributed by atoms with van der Waals surface area (Å²) in [6.45, 7) is 5.58. The third kappa shape index (κ3) is 13.3. The molecule has 418 valence electrons. The van der Waals surface area contributed by atoms with Crippen LogP contribution < -0.4 is 14.5 Å². The topological polar surface area (TPSA) is 146 Å². The number of aryl methyl sites for hydroxylation is 2. The summed E-state index contributed by atoms with van der Waals surface area (Å²) in [6.07, 6.45) is 27.3. The first-order valence-electron chi connectivity index (χ1n) is 30.1. The van der Waals surface area contributed by atoms with Crippen LogP contribution in [0.1, 0.15) is 175 Å². The van der Waals surface area contributed by atoms with Crippen molar-refractivity contribution < 1.29 is 29.6 Å². The van der Waals surface area contributed by atoms with E-state index in [2.05, 4.69) is 128 Å². The average Bonchev–Trinajstić information content (AvgIpc) is 4.43. The quantitative estimate of drug-likeness (QED) is 0.0921. The molecule has 6 aromatic rings. The molecule has 6 aliphatic carbocycles. The van der Waals surface area contributed by atoms with E-state index in [-0.39, 0.29) is 35.9 Å². The van der Waals surface area contributed by atoms with Gasteiger partial charge in [0.05, 0.1) is 43.8 Å². The lowest BCUT2D eigenvalue weighted by molar-refractivity contribution is -0.125. The highest BCUT2D eigenvalue weighted by Crippen LogP contribution is 2.42. The van der Waals surface area contributed by atoms with Crippen molar-refractivity contribution in [2.24, 2.45) is 23.7 Å². The minimum absolute atomic E-state index is 0.0108. The molecule has 3 N–H and O–H groups in total. The molecule has 6 fully saturated rings. The van der Waals surface area contributed by atoms with Crippen molar-refractivity contribution in [3.05, 3.63) is 132 Å². The van der Waals surface area contributed by atoms with Gasteiger partial charge in [-0.3, -0.25) is 19.0 Å². The van der Waals surface area contributed by atoms with E-state index in [4.69, 9.17) is 4.74 Å². The van der Waals surface area contributed by atoms with Crippen molar-refractivity contribution in [3.63, 3.8) is 0 Å². The van der Waals surface area contributed by atoms with E-state index in [1.54, 1.807) is 7.11 Å². The second-order valence-electron chi connectivity index (χ2n) is 24.6. The van der Waals surface area contributed by atoms with Gasteiger partial charge in [-0.2, -0.15) is 10.2 Å². The standard InChI is InChI=1S/C34H43N3O3.C33H41N3O3/c1-23-18-28(12-17-33(23)40-2)25-8-6-24(7-9-25)21-36(34(39)26-10-15-32(38)16-11-26)31-5-3-4-27(19-31)29-20-35-37(22-29)30-13-14-30;1-22-17-27(11-16-32(22)38)24-7-5-23(6-8-24)20-35(33(39)25-9-14-31(37)15-10-25)30-4-2-3-26(18-30)28-19-34-36(21-28)29-12-13-29/h3-5,12,17-20,22,24-26,30,32,38H,6-11,13-16,21H2,1-2H3;2-4,11,16-19,21,23-25,29,31,37-38H,5-10,12-15,20H2,1H3. The molecular weight excluding hydrogens is 985 g/mol. The van der Waals surface area contributed by atoms with E-state index in [1.807, 2.05) is 25.4 Å². The molecule has 12 heteroatoms. The SMILES string of the molecule is COc1ccc(C2CCC(CN(C(=O)C3CCC(O)CC3)c3cccc(-c4cnn(C5CC5)c4)c3)CC2)cc1C.Cc1cc(C2CCC(CN(C(=O)C3CCC(O)CC3)c3cccc(-c4cnn(C5CC5)c4)c3)CC2)ccc1O. The third-order valence-corrected chi connectivity index (χ3v) is 18.8. The van der Waals surface area contributed by atoms with Gasteiger partial charge in [0.25, 0.3) is 0 Å². The zero-order valence-corrected chi connectivity index (χ0v) is 47.0. The Labute approximate surface area is 468 Å². The maximum absolute atomic E-state index is 14.0. The number of benzene rings is 4. The van der Waals surface area contributed by atoms with Crippen LogP contribution in [-0.4, -0.2) is 79.1 Å². The molecule has 0 bridgehead atoms. The number of aliphatic hydroxyl groups excluding tert-OH is 2. The number of aliphatic hydroxyl groups is 2. The molecule has 0 radical (unpaired) electrons. The molecule has 4 aromatic carbocycles. The van der Waals surface area contributed by atoms with Crippen LogP contribution in [0.5, 0.6) is 11.5 Å². The normalized spacial score (nSPS) is 25.2. The number of nitrogens with zero attached hydrogens (tertiary/aromatic N) is 6. The molecule has 0 unspecified atom stereocenters. The fraction of sp³-hybridized carbons (Fsp3) is 0.522. The molecule has 2 heterocycles. The largest absolute Gasteiger partial charge is 0.508 e. The monoisotopic (exact) mass is 1070 g/mol. The Hall–Kier alpha value is -6.24. The highest BCUT2D eigenvalue weighted by atomic mass is 16.5. The number of ether oxygens (including phenoxy) is 1. The first-order valence-corrected chi connectivity index (χ1v) is 30.1. The first-order chi connectivity index (χ1) is 38.4. The van der Waals surface area contributed by atoms with Crippen molar-refractivity contribution in [2.45, 2.75) is 178 Å². The Morgan fingerprint density at radius 1 is 0.519 bits per heavy atom. The molecule has 2 aromatic heterocycles. The van der Waals surface area contributed by atoms with Crippen molar-refractivity contribution in [2.75, 3.05) is 30.0 Å². The summed E-state index contributed by atoms with van der Waals surface area (Å²) in [5.74, 6) is 3.73. The summed E-state index contributed by atoms with van der Waals surface area (Å²) in [4.78, 5) is 32.2. The summed E-state index contributed by atoms with van der Waals surface area (Å²) < 4.78 is 9.62. The molecule has 0 saturated heterocycles. The minimum atomic E-state index is -0.271. The number of phenols is 1. The van der Waals surface area contributed by atoms with Crippen LogP contribution in [0.4, 0.5) is 11.4 Å². The van der Waals surface area contributed by atoms with Gasteiger partial charge in [-0.05, 0) is 236 Å². The smallest absolute Gasteiger partial charge is 0.230 e. The van der Waals surface area contributed by atoms with Gasteiger partial charge in [-0.1, -0.05) is 48.5 Å². The maximum atomic E-state index is 14.0. The third-order valence-electron chi connectivity index (χ3n) is 18.8. The van der Waals surface area contributed by atoms with E-state index in [0.717, 1.165) is 148 Å². The molecule has 6 saturated carbocycles. The Kier molecular flexibility index (Phi) is 17.1. The van der Waals surface area contributed by atoms with Gasteiger partial charge < -0.3 is 29.9 Å². The highest BCUT2D eigenvalue weighted by molar-refractivity contribution is 5.96. The molecular formula is C67H84N6O6. The number of amides is 2. The number of phenolic OH excluding ortho intramolecular Hbond substituents is 1. The van der Waals surface area contributed by atoms with Gasteiger partial charge in [-0.15, -0.1) is 0 Å². The Bertz CT molecular complexity index is 3010. The second-order valence-corrected chi connectivity index (χ2v) is 24.6. The summed E-state index contributed by atoms with van der Waals surface area (Å²) in [7, 11) is 1.73. The van der Waals surface area contributed by atoms with E-state index in [9.17, 15) is 24.9 Å². The van der Waals surface area contributed by atoms with Crippen molar-refractivity contribution in [1.29, 1.82) is 0 Å². The van der Waals surface area contributed by atoms with Gasteiger partial charge >= 0.3 is 0 Å². The molecule has 12 rings (SSSR count). The predicted octanol–water partition coefficient (Wildman–Crippen LogP) is 13.8. The lowest BCUT2D eigenvalue weighted by Crippen LogP contribution is -2.41. The number of hydrogen-bond donors (Lipinski definition) is 3. The molecule has 0 atom stereocenters. The van der Waals surface area contributed by atoms with Crippen LogP contribution in [0.25, 0.3) is 22.3 Å². The van der Waals surface area contributed by atoms with Gasteiger partial charge in [0.2, 0.25) is 11.8 Å². The van der Waals surface area contributed by atoms with Gasteiger partial charge in [-0.25, -0.2) is 0 Å². The number of rotatable bonds is 15. The van der Waals surface area contributed by atoms with Gasteiger partial charge in [0, 0.05) is 59.8 Å². The van der Waals surface area contributed by atoms with E-state index in [1.165, 1.54) is 42.4 Å². The number of methoxy groups -OCH3 is 1. The summed E-state index contributed by atoms with van der Waals surface area (Å²) in [5, 5.41) is 39.2. The highest BCUT2D eigenvalue weighted by Gasteiger charge is 2.35. The van der Waals surface area contributed by atoms with Gasteiger partial charge in [0.1, 0.15) is 11.5 Å². The van der Waals surface area contributed by atoms with E-state index in [0.29, 0.717) is 54.3 Å². The summed E-state index contributed by atoms with van der Waals surface area (Å²) in [5.41, 5.74) is 11.2. The minimum Gasteiger partial charge on any atom is -0.508 e. The molecule has 12 nitrogen and oxygen atoms in total. The Balaban J connectivity index is 0.000000167. The number of anilines is 2. The van der Waals surface area contributed by atoms with Crippen LogP contribution in [0.3, 0.4) is 0 Å². The van der Waals surface area contributed by atoms with E-state index >= 15 is 0 Å². The van der Waals surface area contributed by atoms with Crippen molar-refractivity contribution in [1.82, 2.24) is 19.6 Å². The van der Waals surface area contributed by atoms with Crippen LogP contribution in [-0.2, 0) is 9.59 Å². The zero-order chi connectivity index (χ0) is 54.6. The van der Waals surface area contributed by atoms with Crippen molar-refractivity contribution >= 4 is 23.2 Å². The molecule has 0 aliphatic heterocycles. The molecule has 79 heavy (non-hydrogen) atoms. The zero-order valence-electron chi connectivity index (χ0n) is 47.0. The predicted molar refractivity (Wildman–Crippen MR) is 312 cm³/mol. The Morgan fingerprint density at radius 2 is 0.949 bits per heavy atom. The second kappa shape index (κ2) is 24.6. The number of carbonyl (C=O) groups excluding carboxylic acids is 2. The lowest BCUT2D eigenvalue weighted by atomic mass is 9.78. The van der Waals surface area contributed by atoms with Gasteiger partial charge in [0.15, 0.2) is 0 Å². The van der Waals surface area contributed by atoms with Crippen LogP contribution in [0.15, 0.2) is 110 Å². The fourth-order valence-corrected chi connectivity index (χ4v) is 13.5. The summed E-state index contributed by atoms with van der Waals surface area (Å²) in [6, 6.07) is 30.6. The maximum Gasteiger partial charge on any atom is 0.230 e. The first kappa shape index (κ1) is 54.7. The lowest BCUT2D eigenvalue weighted by Gasteiger charge is -2.36. The molecule has 6 aliphatic rings. The Morgan fingerprint density at radius 3 is 1.35 bits per heavy atom. The molecule has 0 spiro atoms. The van der Waals surface area contributed by atoms with Crippen molar-refractivity contribution in [3.8, 4) is 33.8 Å². The number of aromatic nitrogens is 4. The fourth-order valence-electron chi connectivity index (χ4n) is 13.5. The van der Waals surface area contributed by atoms with E-state index < -0.39 is 0 Å². The summed E-state index contributed by atoms with van der Waals surface area (Å²) >= 11 is 0. The number of carbonyl (C=O) groups is 2. The number of hydrogen-bond acceptors (Lipinski definition) is 8. The van der Waals surface area contributed by atoms with Crippen LogP contribution >= 0.6 is 0 Å². The number of aromatic hydroxyl groups is 1. The average molecular weight is 1070 g/mol. The van der Waals surface area contributed by atoms with Crippen LogP contribution in [0.2, 0.25) is 0 Å².